The van der Waals surface area contributed by atoms with E-state index in [4.69, 9.17) is 0 Å². The molecule has 2 heteroatoms. The van der Waals surface area contributed by atoms with Crippen molar-refractivity contribution in [2.45, 2.75) is 32.4 Å². The van der Waals surface area contributed by atoms with Crippen molar-refractivity contribution in [1.29, 1.82) is 0 Å². The molecule has 1 heterocycles. The molecule has 0 saturated carbocycles. The zero-order chi connectivity index (χ0) is 13.4. The number of allylic oxidation sites excluding steroid dienone is 5. The van der Waals surface area contributed by atoms with Gasteiger partial charge in [0.15, 0.2) is 0 Å². The number of benzene rings is 1. The monoisotopic (exact) mass is 328 g/mol. The number of hydrogen-bond donors (Lipinski definition) is 0. The molecule has 0 nitrogen and oxygen atoms in total. The number of rotatable bonds is 1. The van der Waals surface area contributed by atoms with E-state index in [0.717, 1.165) is 6.42 Å². The van der Waals surface area contributed by atoms with Crippen LogP contribution < -0.4 is 10.4 Å². The Labute approximate surface area is 124 Å². The van der Waals surface area contributed by atoms with E-state index in [0.29, 0.717) is 5.92 Å². The summed E-state index contributed by atoms with van der Waals surface area (Å²) < 4.78 is 1.42. The van der Waals surface area contributed by atoms with Crippen LogP contribution in [0.15, 0.2) is 39.9 Å². The van der Waals surface area contributed by atoms with Gasteiger partial charge in [-0.05, 0) is 29.7 Å². The molecule has 1 unspecified atom stereocenters. The zero-order valence-corrected chi connectivity index (χ0v) is 14.1. The summed E-state index contributed by atoms with van der Waals surface area (Å²) in [4.78, 5) is 0. The molecule has 96 valence electrons. The highest BCUT2D eigenvalue weighted by Crippen LogP contribution is 2.47. The largest absolute Gasteiger partial charge is 0.113 e. The SMILES string of the molecule is CC1=Cc2cc3c(c(Br)c2C1C1=CC=CC1)[Si]3(C)C. The highest BCUT2D eigenvalue weighted by molar-refractivity contribution is 9.10. The average Bonchev–Trinajstić information content (AvgIpc) is 2.78. The number of fused-ring (bicyclic) bond motifs is 2. The summed E-state index contributed by atoms with van der Waals surface area (Å²) in [6, 6.07) is 2.47. The minimum Gasteiger partial charge on any atom is -0.0804 e. The summed E-state index contributed by atoms with van der Waals surface area (Å²) in [6.45, 7) is 7.19. The Morgan fingerprint density at radius 2 is 2.11 bits per heavy atom. The zero-order valence-electron chi connectivity index (χ0n) is 11.5. The second kappa shape index (κ2) is 3.61. The minimum atomic E-state index is -1.19. The van der Waals surface area contributed by atoms with E-state index in [1.54, 1.807) is 15.9 Å². The Morgan fingerprint density at radius 1 is 1.32 bits per heavy atom. The maximum Gasteiger partial charge on any atom is 0.113 e. The molecule has 0 fully saturated rings. The fourth-order valence-electron chi connectivity index (χ4n) is 3.76. The van der Waals surface area contributed by atoms with Gasteiger partial charge >= 0.3 is 0 Å². The second-order valence-electron chi connectivity index (χ2n) is 6.44. The lowest BCUT2D eigenvalue weighted by Gasteiger charge is -2.17. The van der Waals surface area contributed by atoms with Gasteiger partial charge in [-0.3, -0.25) is 0 Å². The summed E-state index contributed by atoms with van der Waals surface area (Å²) in [5, 5.41) is 3.31. The van der Waals surface area contributed by atoms with Crippen LogP contribution in [0.5, 0.6) is 0 Å². The van der Waals surface area contributed by atoms with E-state index < -0.39 is 8.07 Å². The number of hydrogen-bond acceptors (Lipinski definition) is 0. The molecule has 0 N–H and O–H groups in total. The van der Waals surface area contributed by atoms with Gasteiger partial charge in [-0.1, -0.05) is 75.7 Å². The summed E-state index contributed by atoms with van der Waals surface area (Å²) in [5.74, 6) is 0.509. The summed E-state index contributed by atoms with van der Waals surface area (Å²) >= 11 is 3.93. The Kier molecular flexibility index (Phi) is 2.27. The van der Waals surface area contributed by atoms with Crippen LogP contribution >= 0.6 is 15.9 Å². The second-order valence-corrected chi connectivity index (χ2v) is 11.5. The van der Waals surface area contributed by atoms with E-state index in [2.05, 4.69) is 66.3 Å². The molecule has 0 amide bonds. The fraction of sp³-hybridized carbons (Fsp3) is 0.294. The molecule has 0 bridgehead atoms. The van der Waals surface area contributed by atoms with Crippen molar-refractivity contribution in [1.82, 2.24) is 0 Å². The minimum absolute atomic E-state index is 0.509. The van der Waals surface area contributed by atoms with Crippen LogP contribution in [0.1, 0.15) is 30.4 Å². The van der Waals surface area contributed by atoms with Crippen molar-refractivity contribution >= 4 is 40.5 Å². The topological polar surface area (TPSA) is 0 Å². The van der Waals surface area contributed by atoms with E-state index in [-0.39, 0.29) is 0 Å². The van der Waals surface area contributed by atoms with Gasteiger partial charge < -0.3 is 0 Å². The lowest BCUT2D eigenvalue weighted by molar-refractivity contribution is 0.915. The third kappa shape index (κ3) is 1.44. The molecule has 4 rings (SSSR count). The van der Waals surface area contributed by atoms with Gasteiger partial charge in [0.2, 0.25) is 0 Å². The van der Waals surface area contributed by atoms with Crippen LogP contribution in [0.2, 0.25) is 13.1 Å². The molecule has 3 aliphatic rings. The molecule has 1 aromatic carbocycles. The highest BCUT2D eigenvalue weighted by atomic mass is 79.9. The molecular weight excluding hydrogens is 312 g/mol. The molecule has 0 saturated heterocycles. The van der Waals surface area contributed by atoms with Crippen molar-refractivity contribution in [2.24, 2.45) is 0 Å². The maximum atomic E-state index is 3.93. The predicted octanol–water partition coefficient (Wildman–Crippen LogP) is 3.97. The first kappa shape index (κ1) is 11.9. The highest BCUT2D eigenvalue weighted by Gasteiger charge is 2.48. The molecule has 0 spiro atoms. The van der Waals surface area contributed by atoms with Gasteiger partial charge in [0, 0.05) is 10.4 Å². The third-order valence-electron chi connectivity index (χ3n) is 4.87. The van der Waals surface area contributed by atoms with E-state index in [9.17, 15) is 0 Å². The molecule has 0 radical (unpaired) electrons. The van der Waals surface area contributed by atoms with Gasteiger partial charge in [-0.15, -0.1) is 0 Å². The van der Waals surface area contributed by atoms with Gasteiger partial charge in [0.05, 0.1) is 0 Å². The van der Waals surface area contributed by atoms with Crippen LogP contribution in [0.4, 0.5) is 0 Å². The number of halogens is 1. The van der Waals surface area contributed by atoms with Crippen molar-refractivity contribution in [3.8, 4) is 0 Å². The van der Waals surface area contributed by atoms with Crippen LogP contribution in [-0.4, -0.2) is 8.07 Å². The van der Waals surface area contributed by atoms with Gasteiger partial charge in [-0.25, -0.2) is 0 Å². The van der Waals surface area contributed by atoms with Gasteiger partial charge in [-0.2, -0.15) is 0 Å². The maximum absolute atomic E-state index is 3.93. The van der Waals surface area contributed by atoms with E-state index in [1.807, 2.05) is 0 Å². The normalized spacial score (nSPS) is 24.9. The molecular formula is C17H17BrSi. The Bertz CT molecular complexity index is 704. The Hall–Kier alpha value is -0.863. The smallest absolute Gasteiger partial charge is 0.0804 e. The van der Waals surface area contributed by atoms with Crippen LogP contribution in [0.25, 0.3) is 6.08 Å². The Balaban J connectivity index is 1.90. The lowest BCUT2D eigenvalue weighted by atomic mass is 9.88. The first-order valence-corrected chi connectivity index (χ1v) is 10.7. The summed E-state index contributed by atoms with van der Waals surface area (Å²) in [6.07, 6.45) is 10.3. The standard InChI is InChI=1S/C17H17BrSi/c1-10-8-12-9-13-17(19(13,2)3)16(18)15(12)14(10)11-6-4-5-7-11/h4-6,8-9,14H,7H2,1-3H3. The molecule has 1 aromatic rings. The van der Waals surface area contributed by atoms with Crippen molar-refractivity contribution in [3.05, 3.63) is 51.0 Å². The molecule has 19 heavy (non-hydrogen) atoms. The quantitative estimate of drug-likeness (QED) is 0.684. The Morgan fingerprint density at radius 3 is 2.79 bits per heavy atom. The van der Waals surface area contributed by atoms with Crippen LogP contribution in [0.3, 0.4) is 0 Å². The predicted molar refractivity (Wildman–Crippen MR) is 89.1 cm³/mol. The van der Waals surface area contributed by atoms with Crippen LogP contribution in [0, 0.1) is 0 Å². The molecule has 1 atom stereocenters. The first-order chi connectivity index (χ1) is 9.01. The van der Waals surface area contributed by atoms with Gasteiger partial charge in [0.1, 0.15) is 8.07 Å². The summed E-state index contributed by atoms with van der Waals surface area (Å²) in [7, 11) is -1.19. The molecule has 1 aliphatic heterocycles. The van der Waals surface area contributed by atoms with E-state index >= 15 is 0 Å². The summed E-state index contributed by atoms with van der Waals surface area (Å²) in [5.41, 5.74) is 6.03. The lowest BCUT2D eigenvalue weighted by Crippen LogP contribution is -2.18. The third-order valence-corrected chi connectivity index (χ3v) is 9.32. The van der Waals surface area contributed by atoms with Crippen molar-refractivity contribution < 1.29 is 0 Å². The van der Waals surface area contributed by atoms with Crippen LogP contribution in [-0.2, 0) is 0 Å². The molecule has 2 aliphatic carbocycles. The van der Waals surface area contributed by atoms with E-state index in [1.165, 1.54) is 21.2 Å². The van der Waals surface area contributed by atoms with Gasteiger partial charge in [0.25, 0.3) is 0 Å². The van der Waals surface area contributed by atoms with Crippen molar-refractivity contribution in [3.63, 3.8) is 0 Å². The average molecular weight is 329 g/mol. The first-order valence-electron chi connectivity index (χ1n) is 6.93. The molecule has 0 aromatic heterocycles. The fourth-order valence-corrected chi connectivity index (χ4v) is 9.25. The van der Waals surface area contributed by atoms with Crippen molar-refractivity contribution in [2.75, 3.05) is 0 Å².